The maximum Gasteiger partial charge on any atom is 0.253 e. The number of rotatable bonds is 3. The molecule has 0 radical (unpaired) electrons. The molecule has 0 bridgehead atoms. The highest BCUT2D eigenvalue weighted by atomic mass is 32.3. The van der Waals surface area contributed by atoms with Crippen molar-refractivity contribution in [2.45, 2.75) is 19.3 Å². The number of nitriles is 1. The fraction of sp³-hybridized carbons (Fsp3) is 0.467. The molecule has 1 fully saturated rings. The summed E-state index contributed by atoms with van der Waals surface area (Å²) in [5.74, 6) is 0.595. The molecule has 1 aromatic rings. The molecule has 1 heterocycles. The van der Waals surface area contributed by atoms with Crippen LogP contribution in [0.5, 0.6) is 0 Å². The molecule has 1 unspecified atom stereocenters. The van der Waals surface area contributed by atoms with Gasteiger partial charge in [0.25, 0.3) is 5.91 Å². The number of amides is 1. The van der Waals surface area contributed by atoms with Crippen LogP contribution in [-0.4, -0.2) is 44.5 Å². The highest BCUT2D eigenvalue weighted by molar-refractivity contribution is 8.24. The molecule has 1 saturated heterocycles. The van der Waals surface area contributed by atoms with Gasteiger partial charge >= 0.3 is 0 Å². The Morgan fingerprint density at radius 2 is 1.90 bits per heavy atom. The van der Waals surface area contributed by atoms with E-state index >= 15 is 0 Å². The van der Waals surface area contributed by atoms with E-state index in [2.05, 4.69) is 6.07 Å². The minimum Gasteiger partial charge on any atom is -0.336 e. The first kappa shape index (κ1) is 15.8. The Morgan fingerprint density at radius 1 is 1.33 bits per heavy atom. The van der Waals surface area contributed by atoms with Crippen LogP contribution < -0.4 is 0 Å². The van der Waals surface area contributed by atoms with Crippen LogP contribution in [0.15, 0.2) is 24.3 Å². The molecule has 1 aliphatic rings. The summed E-state index contributed by atoms with van der Waals surface area (Å²) in [7, 11) is -2.48. The number of hydrogen-bond donors (Lipinski definition) is 2. The van der Waals surface area contributed by atoms with Gasteiger partial charge in [-0.15, -0.1) is 0 Å². The van der Waals surface area contributed by atoms with E-state index in [0.717, 1.165) is 5.56 Å². The summed E-state index contributed by atoms with van der Waals surface area (Å²) in [6, 6.07) is 9.46. The first-order valence-electron chi connectivity index (χ1n) is 6.93. The van der Waals surface area contributed by atoms with Crippen LogP contribution in [0.4, 0.5) is 0 Å². The highest BCUT2D eigenvalue weighted by Crippen LogP contribution is 2.40. The lowest BCUT2D eigenvalue weighted by Gasteiger charge is -2.40. The van der Waals surface area contributed by atoms with E-state index < -0.39 is 10.6 Å². The summed E-state index contributed by atoms with van der Waals surface area (Å²) >= 11 is 0. The molecule has 0 aromatic heterocycles. The fourth-order valence-electron chi connectivity index (χ4n) is 2.32. The summed E-state index contributed by atoms with van der Waals surface area (Å²) in [6.07, 6.45) is 0.456. The lowest BCUT2D eigenvalue weighted by Crippen LogP contribution is -2.42. The minimum atomic E-state index is -2.48. The average Bonchev–Trinajstić information content (AvgIpc) is 2.47. The maximum atomic E-state index is 12.3. The molecule has 1 aliphatic heterocycles. The Balaban J connectivity index is 2.02. The normalized spacial score (nSPS) is 20.4. The monoisotopic (exact) mass is 308 g/mol. The standard InChI is InChI=1S/C15H20N2O3S/c1-12(6-7-16)13-2-4-14(5-3-13)15(18)17-8-10-21(19,20)11-9-17/h2-5,12,19-20H,6,8-11H2,1H3. The van der Waals surface area contributed by atoms with Gasteiger partial charge in [-0.25, -0.2) is 0 Å². The van der Waals surface area contributed by atoms with Crippen LogP contribution >= 0.6 is 10.6 Å². The molecular weight excluding hydrogens is 288 g/mol. The molecular formula is C15H20N2O3S. The third-order valence-electron chi connectivity index (χ3n) is 3.79. The lowest BCUT2D eigenvalue weighted by molar-refractivity contribution is 0.0768. The van der Waals surface area contributed by atoms with Gasteiger partial charge < -0.3 is 4.90 Å². The van der Waals surface area contributed by atoms with E-state index in [1.165, 1.54) is 0 Å². The van der Waals surface area contributed by atoms with Crippen LogP contribution in [0.25, 0.3) is 0 Å². The van der Waals surface area contributed by atoms with Gasteiger partial charge in [-0.1, -0.05) is 19.1 Å². The average molecular weight is 308 g/mol. The molecule has 1 atom stereocenters. The molecule has 1 aromatic carbocycles. The summed E-state index contributed by atoms with van der Waals surface area (Å²) in [4.78, 5) is 14.0. The van der Waals surface area contributed by atoms with Gasteiger partial charge in [0.2, 0.25) is 0 Å². The lowest BCUT2D eigenvalue weighted by atomic mass is 9.97. The first-order chi connectivity index (χ1) is 9.93. The van der Waals surface area contributed by atoms with Gasteiger partial charge in [-0.05, 0) is 23.6 Å². The van der Waals surface area contributed by atoms with Crippen molar-refractivity contribution in [3.8, 4) is 6.07 Å². The Hall–Kier alpha value is -1.55. The number of hydrogen-bond acceptors (Lipinski definition) is 4. The van der Waals surface area contributed by atoms with Gasteiger partial charge in [0.05, 0.1) is 17.6 Å². The second kappa shape index (κ2) is 6.48. The van der Waals surface area contributed by atoms with Crippen molar-refractivity contribution in [2.24, 2.45) is 0 Å². The van der Waals surface area contributed by atoms with Crippen molar-refractivity contribution < 1.29 is 13.9 Å². The van der Waals surface area contributed by atoms with E-state index in [1.807, 2.05) is 19.1 Å². The zero-order valence-corrected chi connectivity index (χ0v) is 12.8. The fourth-order valence-corrected chi connectivity index (χ4v) is 3.55. The molecule has 0 aliphatic carbocycles. The third-order valence-corrected chi connectivity index (χ3v) is 5.46. The SMILES string of the molecule is CC(CC#N)c1ccc(C(=O)N2CCS(O)(O)CC2)cc1. The maximum absolute atomic E-state index is 12.3. The Labute approximate surface area is 126 Å². The van der Waals surface area contributed by atoms with Crippen molar-refractivity contribution in [1.29, 1.82) is 5.26 Å². The predicted molar refractivity (Wildman–Crippen MR) is 83.6 cm³/mol. The molecule has 2 rings (SSSR count). The van der Waals surface area contributed by atoms with Crippen molar-refractivity contribution >= 4 is 16.5 Å². The zero-order valence-electron chi connectivity index (χ0n) is 12.0. The second-order valence-corrected chi connectivity index (χ2v) is 7.81. The molecule has 5 nitrogen and oxygen atoms in total. The molecule has 0 saturated carbocycles. The first-order valence-corrected chi connectivity index (χ1v) is 8.81. The Kier molecular flexibility index (Phi) is 4.88. The summed E-state index contributed by atoms with van der Waals surface area (Å²) in [6.45, 7) is 2.75. The molecule has 6 heteroatoms. The second-order valence-electron chi connectivity index (χ2n) is 5.39. The van der Waals surface area contributed by atoms with Gasteiger partial charge in [0.1, 0.15) is 0 Å². The van der Waals surface area contributed by atoms with Crippen LogP contribution in [-0.2, 0) is 0 Å². The van der Waals surface area contributed by atoms with Crippen molar-refractivity contribution in [3.05, 3.63) is 35.4 Å². The number of nitrogens with zero attached hydrogens (tertiary/aromatic N) is 2. The Morgan fingerprint density at radius 3 is 2.43 bits per heavy atom. The van der Waals surface area contributed by atoms with E-state index in [0.29, 0.717) is 25.1 Å². The topological polar surface area (TPSA) is 84.6 Å². The predicted octanol–water partition coefficient (Wildman–Crippen LogP) is 2.91. The summed E-state index contributed by atoms with van der Waals surface area (Å²) < 4.78 is 19.1. The number of benzene rings is 1. The highest BCUT2D eigenvalue weighted by Gasteiger charge is 2.26. The Bertz CT molecular complexity index is 541. The van der Waals surface area contributed by atoms with E-state index in [4.69, 9.17) is 5.26 Å². The molecule has 2 N–H and O–H groups in total. The van der Waals surface area contributed by atoms with E-state index in [1.54, 1.807) is 17.0 Å². The smallest absolute Gasteiger partial charge is 0.253 e. The third kappa shape index (κ3) is 3.97. The van der Waals surface area contributed by atoms with Crippen molar-refractivity contribution in [1.82, 2.24) is 4.90 Å². The molecule has 1 amide bonds. The van der Waals surface area contributed by atoms with Crippen molar-refractivity contribution in [2.75, 3.05) is 24.6 Å². The summed E-state index contributed by atoms with van der Waals surface area (Å²) in [5, 5.41) is 8.70. The number of carbonyl (C=O) groups excluding carboxylic acids is 1. The van der Waals surface area contributed by atoms with E-state index in [-0.39, 0.29) is 23.3 Å². The molecule has 21 heavy (non-hydrogen) atoms. The number of carbonyl (C=O) groups is 1. The van der Waals surface area contributed by atoms with Crippen LogP contribution in [0.2, 0.25) is 0 Å². The van der Waals surface area contributed by atoms with Gasteiger partial charge in [-0.2, -0.15) is 15.9 Å². The van der Waals surface area contributed by atoms with Crippen LogP contribution in [0, 0.1) is 11.3 Å². The van der Waals surface area contributed by atoms with Crippen LogP contribution in [0.1, 0.15) is 35.2 Å². The van der Waals surface area contributed by atoms with Crippen molar-refractivity contribution in [3.63, 3.8) is 0 Å². The quantitative estimate of drug-likeness (QED) is 0.899. The van der Waals surface area contributed by atoms with Gasteiger partial charge in [-0.3, -0.25) is 13.9 Å². The van der Waals surface area contributed by atoms with Gasteiger partial charge in [0.15, 0.2) is 0 Å². The van der Waals surface area contributed by atoms with E-state index in [9.17, 15) is 13.9 Å². The zero-order chi connectivity index (χ0) is 15.5. The van der Waals surface area contributed by atoms with Gasteiger partial charge in [0, 0.05) is 25.1 Å². The summed E-state index contributed by atoms with van der Waals surface area (Å²) in [5.41, 5.74) is 1.64. The van der Waals surface area contributed by atoms with Crippen LogP contribution in [0.3, 0.4) is 0 Å². The molecule has 114 valence electrons. The minimum absolute atomic E-state index is 0.0793. The molecule has 0 spiro atoms. The largest absolute Gasteiger partial charge is 0.336 e.